The van der Waals surface area contributed by atoms with Crippen LogP contribution in [0, 0.1) is 12.7 Å². The van der Waals surface area contributed by atoms with E-state index in [1.54, 1.807) is 35.2 Å². The van der Waals surface area contributed by atoms with Crippen molar-refractivity contribution in [2.45, 2.75) is 17.9 Å². The number of nitrogens with one attached hydrogen (secondary N) is 1. The summed E-state index contributed by atoms with van der Waals surface area (Å²) in [5, 5.41) is 5.07. The predicted octanol–water partition coefficient (Wildman–Crippen LogP) is 5.44. The molecule has 3 aromatic rings. The van der Waals surface area contributed by atoms with Crippen molar-refractivity contribution < 1.29 is 9.18 Å². The molecule has 0 aliphatic carbocycles. The van der Waals surface area contributed by atoms with Gasteiger partial charge >= 0.3 is 0 Å². The minimum Gasteiger partial charge on any atom is -0.340 e. The van der Waals surface area contributed by atoms with Gasteiger partial charge in [0.1, 0.15) is 5.82 Å². The van der Waals surface area contributed by atoms with Crippen LogP contribution in [0.25, 0.3) is 0 Å². The zero-order valence-corrected chi connectivity index (χ0v) is 15.6. The van der Waals surface area contributed by atoms with Crippen LogP contribution in [-0.2, 0) is 0 Å². The molecule has 128 valence electrons. The number of hydrogen-bond acceptors (Lipinski definition) is 3. The molecule has 0 aliphatic rings. The largest absolute Gasteiger partial charge is 0.340 e. The molecule has 1 N–H and O–H groups in total. The number of carbonyl (C=O) groups is 1. The van der Waals surface area contributed by atoms with Crippen molar-refractivity contribution in [3.63, 3.8) is 0 Å². The number of thiophene rings is 1. The number of aryl methyl sites for hydroxylation is 1. The Morgan fingerprint density at radius 3 is 2.56 bits per heavy atom. The molecule has 0 saturated heterocycles. The van der Waals surface area contributed by atoms with E-state index in [1.165, 1.54) is 12.1 Å². The van der Waals surface area contributed by atoms with Crippen LogP contribution in [0.2, 0.25) is 0 Å². The first-order valence-corrected chi connectivity index (χ1v) is 9.93. The monoisotopic (exact) mass is 371 g/mol. The number of amides is 1. The second kappa shape index (κ2) is 7.85. The molecule has 0 saturated carbocycles. The quantitative estimate of drug-likeness (QED) is 0.605. The standard InChI is InChI=1S/C20H18FNOS2/c1-13-5-10-16(24-2)12-17(13)20(23)22-19(18-4-3-11-25-18)14-6-8-15(21)9-7-14/h3-12,19H,1-2H3,(H,22,23). The lowest BCUT2D eigenvalue weighted by Gasteiger charge is -2.19. The van der Waals surface area contributed by atoms with E-state index in [1.807, 2.05) is 48.9 Å². The molecular formula is C20H18FNOS2. The molecule has 2 aromatic carbocycles. The maximum Gasteiger partial charge on any atom is 0.252 e. The van der Waals surface area contributed by atoms with Crippen LogP contribution in [0.3, 0.4) is 0 Å². The lowest BCUT2D eigenvalue weighted by atomic mass is 10.0. The van der Waals surface area contributed by atoms with Crippen molar-refractivity contribution >= 4 is 29.0 Å². The van der Waals surface area contributed by atoms with Gasteiger partial charge in [-0.3, -0.25) is 4.79 Å². The number of halogens is 1. The van der Waals surface area contributed by atoms with Crippen molar-refractivity contribution in [3.05, 3.63) is 87.4 Å². The molecule has 1 heterocycles. The molecule has 0 bridgehead atoms. The van der Waals surface area contributed by atoms with Gasteiger partial charge in [0.05, 0.1) is 6.04 Å². The van der Waals surface area contributed by atoms with Crippen molar-refractivity contribution in [2.24, 2.45) is 0 Å². The zero-order chi connectivity index (χ0) is 17.8. The summed E-state index contributed by atoms with van der Waals surface area (Å²) in [6.45, 7) is 1.93. The summed E-state index contributed by atoms with van der Waals surface area (Å²) >= 11 is 3.17. The average molecular weight is 372 g/mol. The third kappa shape index (κ3) is 4.11. The SMILES string of the molecule is CSc1ccc(C)c(C(=O)NC(c2ccc(F)cc2)c2cccs2)c1. The van der Waals surface area contributed by atoms with Crippen LogP contribution in [0.1, 0.15) is 32.4 Å². The highest BCUT2D eigenvalue weighted by Crippen LogP contribution is 2.27. The number of thioether (sulfide) groups is 1. The number of hydrogen-bond donors (Lipinski definition) is 1. The van der Waals surface area contributed by atoms with E-state index >= 15 is 0 Å². The highest BCUT2D eigenvalue weighted by molar-refractivity contribution is 7.98. The van der Waals surface area contributed by atoms with Gasteiger partial charge in [0.2, 0.25) is 0 Å². The maximum atomic E-state index is 13.3. The van der Waals surface area contributed by atoms with E-state index in [-0.39, 0.29) is 17.8 Å². The molecule has 0 fully saturated rings. The van der Waals surface area contributed by atoms with Crippen LogP contribution >= 0.6 is 23.1 Å². The summed E-state index contributed by atoms with van der Waals surface area (Å²) in [7, 11) is 0. The Bertz CT molecular complexity index is 860. The Morgan fingerprint density at radius 2 is 1.92 bits per heavy atom. The first-order valence-electron chi connectivity index (χ1n) is 7.83. The summed E-state index contributed by atoms with van der Waals surface area (Å²) in [4.78, 5) is 14.9. The Morgan fingerprint density at radius 1 is 1.16 bits per heavy atom. The van der Waals surface area contributed by atoms with Crippen molar-refractivity contribution in [1.82, 2.24) is 5.32 Å². The zero-order valence-electron chi connectivity index (χ0n) is 14.0. The van der Waals surface area contributed by atoms with Gasteiger partial charge in [-0.05, 0) is 60.0 Å². The predicted molar refractivity (Wildman–Crippen MR) is 103 cm³/mol. The summed E-state index contributed by atoms with van der Waals surface area (Å²) < 4.78 is 13.3. The summed E-state index contributed by atoms with van der Waals surface area (Å²) in [6, 6.07) is 15.8. The van der Waals surface area contributed by atoms with Gasteiger partial charge in [0, 0.05) is 15.3 Å². The molecule has 0 spiro atoms. The molecule has 2 nitrogen and oxygen atoms in total. The third-order valence-corrected chi connectivity index (χ3v) is 5.66. The number of benzene rings is 2. The smallest absolute Gasteiger partial charge is 0.252 e. The molecule has 1 aromatic heterocycles. The van der Waals surface area contributed by atoms with E-state index in [2.05, 4.69) is 5.32 Å². The average Bonchev–Trinajstić information content (AvgIpc) is 3.15. The molecular weight excluding hydrogens is 353 g/mol. The van der Waals surface area contributed by atoms with Crippen LogP contribution in [0.15, 0.2) is 64.9 Å². The Kier molecular flexibility index (Phi) is 5.56. The van der Waals surface area contributed by atoms with Crippen molar-refractivity contribution in [3.8, 4) is 0 Å². The fourth-order valence-electron chi connectivity index (χ4n) is 2.61. The Hall–Kier alpha value is -2.11. The summed E-state index contributed by atoms with van der Waals surface area (Å²) in [6.07, 6.45) is 1.99. The van der Waals surface area contributed by atoms with E-state index in [9.17, 15) is 9.18 Å². The molecule has 1 atom stereocenters. The van der Waals surface area contributed by atoms with Gasteiger partial charge in [0.25, 0.3) is 5.91 Å². The van der Waals surface area contributed by atoms with E-state index in [0.717, 1.165) is 20.9 Å². The molecule has 3 rings (SSSR count). The van der Waals surface area contributed by atoms with Gasteiger partial charge in [-0.2, -0.15) is 0 Å². The van der Waals surface area contributed by atoms with Gasteiger partial charge in [0.15, 0.2) is 0 Å². The first-order chi connectivity index (χ1) is 12.1. The first kappa shape index (κ1) is 17.7. The Labute approximate surface area is 155 Å². The fraction of sp³-hybridized carbons (Fsp3) is 0.150. The van der Waals surface area contributed by atoms with E-state index < -0.39 is 0 Å². The van der Waals surface area contributed by atoms with Gasteiger partial charge < -0.3 is 5.32 Å². The van der Waals surface area contributed by atoms with Crippen LogP contribution in [-0.4, -0.2) is 12.2 Å². The third-order valence-electron chi connectivity index (χ3n) is 4.00. The summed E-state index contributed by atoms with van der Waals surface area (Å²) in [5.74, 6) is -0.417. The second-order valence-corrected chi connectivity index (χ2v) is 7.51. The van der Waals surface area contributed by atoms with E-state index in [4.69, 9.17) is 0 Å². The van der Waals surface area contributed by atoms with Crippen LogP contribution in [0.4, 0.5) is 4.39 Å². The fourth-order valence-corrected chi connectivity index (χ4v) is 3.85. The van der Waals surface area contributed by atoms with Crippen molar-refractivity contribution in [1.29, 1.82) is 0 Å². The highest BCUT2D eigenvalue weighted by atomic mass is 32.2. The van der Waals surface area contributed by atoms with Crippen LogP contribution < -0.4 is 5.32 Å². The van der Waals surface area contributed by atoms with Gasteiger partial charge in [-0.25, -0.2) is 4.39 Å². The Balaban J connectivity index is 1.93. The topological polar surface area (TPSA) is 29.1 Å². The van der Waals surface area contributed by atoms with Crippen molar-refractivity contribution in [2.75, 3.05) is 6.26 Å². The lowest BCUT2D eigenvalue weighted by molar-refractivity contribution is 0.0942. The molecule has 0 radical (unpaired) electrons. The normalized spacial score (nSPS) is 12.0. The van der Waals surface area contributed by atoms with E-state index in [0.29, 0.717) is 5.56 Å². The molecule has 25 heavy (non-hydrogen) atoms. The van der Waals surface area contributed by atoms with Crippen LogP contribution in [0.5, 0.6) is 0 Å². The molecule has 1 amide bonds. The molecule has 0 aliphatic heterocycles. The minimum atomic E-state index is -0.301. The second-order valence-electron chi connectivity index (χ2n) is 5.65. The maximum absolute atomic E-state index is 13.3. The molecule has 1 unspecified atom stereocenters. The number of rotatable bonds is 5. The lowest BCUT2D eigenvalue weighted by Crippen LogP contribution is -2.29. The summed E-state index contributed by atoms with van der Waals surface area (Å²) in [5.41, 5.74) is 2.45. The van der Waals surface area contributed by atoms with Gasteiger partial charge in [-0.1, -0.05) is 24.3 Å². The highest BCUT2D eigenvalue weighted by Gasteiger charge is 2.20. The minimum absolute atomic E-state index is 0.129. The van der Waals surface area contributed by atoms with Gasteiger partial charge in [-0.15, -0.1) is 23.1 Å². The molecule has 5 heteroatoms. The number of carbonyl (C=O) groups excluding carboxylic acids is 1.